The summed E-state index contributed by atoms with van der Waals surface area (Å²) in [5.41, 5.74) is 1.16. The molecule has 84 valence electrons. The van der Waals surface area contributed by atoms with Gasteiger partial charge in [0.25, 0.3) is 0 Å². The van der Waals surface area contributed by atoms with Crippen LogP contribution in [-0.4, -0.2) is 14.1 Å². The van der Waals surface area contributed by atoms with E-state index in [9.17, 15) is 0 Å². The molecule has 0 unspecified atom stereocenters. The van der Waals surface area contributed by atoms with Crippen molar-refractivity contribution in [3.05, 3.63) is 60.7 Å². The minimum atomic E-state index is 1.02. The summed E-state index contributed by atoms with van der Waals surface area (Å²) in [6, 6.07) is 20.0. The second-order valence-corrected chi connectivity index (χ2v) is 4.02. The van der Waals surface area contributed by atoms with Crippen LogP contribution in [0.25, 0.3) is 0 Å². The quantitative estimate of drug-likeness (QED) is 0.732. The van der Waals surface area contributed by atoms with Crippen LogP contribution in [-0.2, 0) is 0 Å². The van der Waals surface area contributed by atoms with E-state index in [2.05, 4.69) is 12.6 Å². The Bertz CT molecular complexity index is 372. The van der Waals surface area contributed by atoms with E-state index in [1.165, 1.54) is 0 Å². The third-order valence-corrected chi connectivity index (χ3v) is 2.41. The number of benzene rings is 2. The summed E-state index contributed by atoms with van der Waals surface area (Å²) in [4.78, 5) is 3.06. The first-order chi connectivity index (χ1) is 7.72. The molecule has 0 aromatic heterocycles. The lowest BCUT2D eigenvalue weighted by atomic mass is 10.3. The van der Waals surface area contributed by atoms with Crippen molar-refractivity contribution in [1.82, 2.24) is 0 Å². The fourth-order valence-corrected chi connectivity index (χ4v) is 1.59. The Morgan fingerprint density at radius 1 is 0.750 bits per heavy atom. The van der Waals surface area contributed by atoms with Crippen molar-refractivity contribution in [3.8, 4) is 0 Å². The minimum Gasteiger partial charge on any atom is -0.377 e. The van der Waals surface area contributed by atoms with Gasteiger partial charge in [0.2, 0.25) is 0 Å². The third-order valence-electron chi connectivity index (χ3n) is 2.03. The summed E-state index contributed by atoms with van der Waals surface area (Å²) in [7, 11) is 4.02. The molecule has 0 saturated heterocycles. The largest absolute Gasteiger partial charge is 0.377 e. The highest BCUT2D eigenvalue weighted by Gasteiger charge is 1.96. The van der Waals surface area contributed by atoms with E-state index in [1.807, 2.05) is 79.7 Å². The molecular formula is C14H17NS. The summed E-state index contributed by atoms with van der Waals surface area (Å²) < 4.78 is 0. The van der Waals surface area contributed by atoms with Gasteiger partial charge >= 0.3 is 0 Å². The number of nitrogens with zero attached hydrogens (tertiary/aromatic N) is 1. The Morgan fingerprint density at radius 3 is 1.50 bits per heavy atom. The van der Waals surface area contributed by atoms with Gasteiger partial charge < -0.3 is 4.90 Å². The van der Waals surface area contributed by atoms with Crippen LogP contribution in [0.3, 0.4) is 0 Å². The zero-order chi connectivity index (χ0) is 11.8. The molecule has 0 fully saturated rings. The summed E-state index contributed by atoms with van der Waals surface area (Å²) in [5.74, 6) is 0. The fourth-order valence-electron chi connectivity index (χ4n) is 1.23. The predicted octanol–water partition coefficient (Wildman–Crippen LogP) is 3.73. The van der Waals surface area contributed by atoms with Gasteiger partial charge in [-0.25, -0.2) is 0 Å². The van der Waals surface area contributed by atoms with E-state index in [1.54, 1.807) is 0 Å². The van der Waals surface area contributed by atoms with Crippen molar-refractivity contribution in [3.63, 3.8) is 0 Å². The Hall–Kier alpha value is -1.41. The van der Waals surface area contributed by atoms with Crippen LogP contribution in [0, 0.1) is 0 Å². The first-order valence-corrected chi connectivity index (χ1v) is 5.62. The SMILES string of the molecule is CN(C)c1ccccc1S.c1ccccc1. The molecule has 2 aromatic rings. The van der Waals surface area contributed by atoms with Crippen LogP contribution in [0.15, 0.2) is 65.6 Å². The molecule has 0 atom stereocenters. The van der Waals surface area contributed by atoms with E-state index in [0.29, 0.717) is 0 Å². The molecule has 0 bridgehead atoms. The highest BCUT2D eigenvalue weighted by Crippen LogP contribution is 2.20. The molecule has 0 spiro atoms. The summed E-state index contributed by atoms with van der Waals surface area (Å²) in [6.07, 6.45) is 0. The number of para-hydroxylation sites is 1. The Balaban J connectivity index is 0.000000181. The maximum atomic E-state index is 4.30. The van der Waals surface area contributed by atoms with Gasteiger partial charge in [-0.2, -0.15) is 0 Å². The van der Waals surface area contributed by atoms with Crippen molar-refractivity contribution in [2.75, 3.05) is 19.0 Å². The lowest BCUT2D eigenvalue weighted by Crippen LogP contribution is -2.08. The van der Waals surface area contributed by atoms with Gasteiger partial charge in [-0.05, 0) is 12.1 Å². The lowest BCUT2D eigenvalue weighted by Gasteiger charge is -2.13. The molecule has 0 aliphatic rings. The van der Waals surface area contributed by atoms with Gasteiger partial charge in [-0.1, -0.05) is 48.5 Å². The fraction of sp³-hybridized carbons (Fsp3) is 0.143. The number of rotatable bonds is 1. The zero-order valence-electron chi connectivity index (χ0n) is 9.67. The smallest absolute Gasteiger partial charge is 0.0496 e. The van der Waals surface area contributed by atoms with Gasteiger partial charge in [0.05, 0.1) is 0 Å². The molecular weight excluding hydrogens is 214 g/mol. The predicted molar refractivity (Wildman–Crippen MR) is 74.5 cm³/mol. The lowest BCUT2D eigenvalue weighted by molar-refractivity contribution is 1.10. The van der Waals surface area contributed by atoms with Crippen LogP contribution in [0.1, 0.15) is 0 Å². The van der Waals surface area contributed by atoms with Crippen LogP contribution in [0.4, 0.5) is 5.69 Å². The van der Waals surface area contributed by atoms with Crippen molar-refractivity contribution in [2.45, 2.75) is 4.90 Å². The average molecular weight is 231 g/mol. The summed E-state index contributed by atoms with van der Waals surface area (Å²) in [5, 5.41) is 0. The van der Waals surface area contributed by atoms with E-state index in [0.717, 1.165) is 10.6 Å². The van der Waals surface area contributed by atoms with Gasteiger partial charge in [0.1, 0.15) is 0 Å². The highest BCUT2D eigenvalue weighted by molar-refractivity contribution is 7.80. The van der Waals surface area contributed by atoms with E-state index in [-0.39, 0.29) is 0 Å². The van der Waals surface area contributed by atoms with E-state index < -0.39 is 0 Å². The van der Waals surface area contributed by atoms with Crippen molar-refractivity contribution in [1.29, 1.82) is 0 Å². The van der Waals surface area contributed by atoms with Gasteiger partial charge in [-0.3, -0.25) is 0 Å². The Labute approximate surface area is 103 Å². The van der Waals surface area contributed by atoms with Crippen molar-refractivity contribution in [2.24, 2.45) is 0 Å². The van der Waals surface area contributed by atoms with E-state index in [4.69, 9.17) is 0 Å². The number of anilines is 1. The molecule has 0 N–H and O–H groups in total. The van der Waals surface area contributed by atoms with Crippen LogP contribution in [0.5, 0.6) is 0 Å². The van der Waals surface area contributed by atoms with Crippen LogP contribution < -0.4 is 4.90 Å². The van der Waals surface area contributed by atoms with E-state index >= 15 is 0 Å². The molecule has 2 rings (SSSR count). The summed E-state index contributed by atoms with van der Waals surface area (Å²) in [6.45, 7) is 0. The molecule has 2 heteroatoms. The molecule has 2 aromatic carbocycles. The molecule has 0 radical (unpaired) electrons. The normalized spacial score (nSPS) is 8.94. The molecule has 0 aliphatic heterocycles. The topological polar surface area (TPSA) is 3.24 Å². The maximum absolute atomic E-state index is 4.30. The minimum absolute atomic E-state index is 1.02. The molecule has 0 aliphatic carbocycles. The van der Waals surface area contributed by atoms with Gasteiger partial charge in [0.15, 0.2) is 0 Å². The Kier molecular flexibility index (Phi) is 5.51. The monoisotopic (exact) mass is 231 g/mol. The molecule has 0 saturated carbocycles. The Morgan fingerprint density at radius 2 is 1.19 bits per heavy atom. The first-order valence-electron chi connectivity index (χ1n) is 5.17. The average Bonchev–Trinajstić information content (AvgIpc) is 2.32. The highest BCUT2D eigenvalue weighted by atomic mass is 32.1. The third kappa shape index (κ3) is 4.41. The zero-order valence-corrected chi connectivity index (χ0v) is 10.6. The first kappa shape index (κ1) is 12.7. The second kappa shape index (κ2) is 6.96. The van der Waals surface area contributed by atoms with Crippen molar-refractivity contribution < 1.29 is 0 Å². The second-order valence-electron chi connectivity index (χ2n) is 3.54. The maximum Gasteiger partial charge on any atom is 0.0496 e. The van der Waals surface area contributed by atoms with Gasteiger partial charge in [0, 0.05) is 24.7 Å². The molecule has 0 amide bonds. The van der Waals surface area contributed by atoms with Crippen LogP contribution >= 0.6 is 12.6 Å². The molecule has 1 nitrogen and oxygen atoms in total. The van der Waals surface area contributed by atoms with Crippen LogP contribution in [0.2, 0.25) is 0 Å². The number of hydrogen-bond donors (Lipinski definition) is 1. The number of thiol groups is 1. The van der Waals surface area contributed by atoms with Gasteiger partial charge in [-0.15, -0.1) is 12.6 Å². The number of hydrogen-bond acceptors (Lipinski definition) is 2. The van der Waals surface area contributed by atoms with Crippen molar-refractivity contribution >= 4 is 18.3 Å². The summed E-state index contributed by atoms with van der Waals surface area (Å²) >= 11 is 4.30. The molecule has 16 heavy (non-hydrogen) atoms. The molecule has 0 heterocycles. The standard InChI is InChI=1S/C8H11NS.C6H6/c1-9(2)7-5-3-4-6-8(7)10;1-2-4-6-5-3-1/h3-6,10H,1-2H3;1-6H.